The van der Waals surface area contributed by atoms with Gasteiger partial charge in [-0.25, -0.2) is 4.39 Å². The van der Waals surface area contributed by atoms with Crippen molar-refractivity contribution in [2.45, 2.75) is 50.9 Å². The Labute approximate surface area is 189 Å². The molecule has 2 aromatic rings. The van der Waals surface area contributed by atoms with Crippen molar-refractivity contribution in [2.24, 2.45) is 5.41 Å². The molecule has 2 heterocycles. The standard InChI is InChI=1S/C25H34FN3O3/c1-28(2)24(30)25(17-22-16-23(27-32-22)19-6-4-3-5-7-19)12-13-29(18-25)14-15-31-21-10-8-20(26)9-11-21/h8-11,16,19H,3-7,12-15,17-18H2,1-2H3. The highest BCUT2D eigenvalue weighted by Gasteiger charge is 2.46. The van der Waals surface area contributed by atoms with Crippen LogP contribution < -0.4 is 4.74 Å². The molecule has 4 rings (SSSR count). The second-order valence-corrected chi connectivity index (χ2v) is 9.54. The van der Waals surface area contributed by atoms with Crippen molar-refractivity contribution in [3.8, 4) is 5.75 Å². The number of halogens is 1. The first-order chi connectivity index (χ1) is 15.4. The Hall–Kier alpha value is -2.41. The van der Waals surface area contributed by atoms with Crippen molar-refractivity contribution in [3.05, 3.63) is 47.6 Å². The minimum absolute atomic E-state index is 0.134. The highest BCUT2D eigenvalue weighted by atomic mass is 19.1. The second-order valence-electron chi connectivity index (χ2n) is 9.54. The van der Waals surface area contributed by atoms with Gasteiger partial charge in [0.05, 0.1) is 11.1 Å². The Morgan fingerprint density at radius 2 is 2.00 bits per heavy atom. The highest BCUT2D eigenvalue weighted by Crippen LogP contribution is 2.38. The maximum absolute atomic E-state index is 13.2. The lowest BCUT2D eigenvalue weighted by Gasteiger charge is -2.30. The normalized spacial score (nSPS) is 22.2. The Balaban J connectivity index is 1.38. The molecule has 0 radical (unpaired) electrons. The zero-order chi connectivity index (χ0) is 22.6. The molecule has 0 spiro atoms. The van der Waals surface area contributed by atoms with Crippen molar-refractivity contribution in [1.29, 1.82) is 0 Å². The average Bonchev–Trinajstić information content (AvgIpc) is 3.43. The molecule has 1 aromatic carbocycles. The number of ether oxygens (including phenoxy) is 1. The lowest BCUT2D eigenvalue weighted by atomic mass is 9.80. The van der Waals surface area contributed by atoms with Crippen molar-refractivity contribution in [3.63, 3.8) is 0 Å². The molecule has 2 fully saturated rings. The van der Waals surface area contributed by atoms with Gasteiger partial charge in [0.2, 0.25) is 5.91 Å². The summed E-state index contributed by atoms with van der Waals surface area (Å²) in [5.41, 5.74) is 0.539. The number of carbonyl (C=O) groups is 1. The van der Waals surface area contributed by atoms with Crippen molar-refractivity contribution < 1.29 is 18.4 Å². The lowest BCUT2D eigenvalue weighted by Crippen LogP contribution is -2.44. The third kappa shape index (κ3) is 5.31. The van der Waals surface area contributed by atoms with E-state index in [1.807, 2.05) is 14.1 Å². The molecule has 1 aliphatic carbocycles. The molecular weight excluding hydrogens is 409 g/mol. The Morgan fingerprint density at radius 1 is 1.25 bits per heavy atom. The van der Waals surface area contributed by atoms with Crippen LogP contribution in [-0.2, 0) is 11.2 Å². The molecule has 1 saturated carbocycles. The first kappa shape index (κ1) is 22.8. The van der Waals surface area contributed by atoms with Crippen LogP contribution in [0.15, 0.2) is 34.9 Å². The first-order valence-electron chi connectivity index (χ1n) is 11.7. The van der Waals surface area contributed by atoms with Crippen molar-refractivity contribution in [1.82, 2.24) is 15.0 Å². The third-order valence-electron chi connectivity index (χ3n) is 6.90. The largest absolute Gasteiger partial charge is 0.492 e. The third-order valence-corrected chi connectivity index (χ3v) is 6.90. The van der Waals surface area contributed by atoms with Gasteiger partial charge >= 0.3 is 0 Å². The van der Waals surface area contributed by atoms with E-state index in [1.54, 1.807) is 17.0 Å². The summed E-state index contributed by atoms with van der Waals surface area (Å²) in [5.74, 6) is 1.81. The van der Waals surface area contributed by atoms with E-state index in [2.05, 4.69) is 16.1 Å². The van der Waals surface area contributed by atoms with Gasteiger partial charge in [0.15, 0.2) is 0 Å². The van der Waals surface area contributed by atoms with Crippen LogP contribution in [0.4, 0.5) is 4.39 Å². The monoisotopic (exact) mass is 443 g/mol. The van der Waals surface area contributed by atoms with Crippen LogP contribution in [0.2, 0.25) is 0 Å². The molecule has 1 aromatic heterocycles. The van der Waals surface area contributed by atoms with Crippen molar-refractivity contribution >= 4 is 5.91 Å². The number of hydrogen-bond acceptors (Lipinski definition) is 5. The van der Waals surface area contributed by atoms with Gasteiger partial charge in [0.1, 0.15) is 23.9 Å². The lowest BCUT2D eigenvalue weighted by molar-refractivity contribution is -0.139. The van der Waals surface area contributed by atoms with Crippen LogP contribution in [0.25, 0.3) is 0 Å². The van der Waals surface area contributed by atoms with E-state index in [1.165, 1.54) is 44.2 Å². The fraction of sp³-hybridized carbons (Fsp3) is 0.600. The molecule has 0 bridgehead atoms. The average molecular weight is 444 g/mol. The summed E-state index contributed by atoms with van der Waals surface area (Å²) in [6.07, 6.45) is 7.52. The number of nitrogens with zero attached hydrogens (tertiary/aromatic N) is 3. The van der Waals surface area contributed by atoms with Gasteiger partial charge in [-0.05, 0) is 50.1 Å². The molecule has 2 aliphatic rings. The second kappa shape index (κ2) is 10.0. The van der Waals surface area contributed by atoms with Crippen LogP contribution in [0.3, 0.4) is 0 Å². The molecule has 6 nitrogen and oxygen atoms in total. The van der Waals surface area contributed by atoms with Gasteiger partial charge < -0.3 is 14.2 Å². The molecule has 32 heavy (non-hydrogen) atoms. The quantitative estimate of drug-likeness (QED) is 0.610. The van der Waals surface area contributed by atoms with Gasteiger partial charge in [0.25, 0.3) is 0 Å². The summed E-state index contributed by atoms with van der Waals surface area (Å²) in [4.78, 5) is 17.2. The van der Waals surface area contributed by atoms with Crippen LogP contribution in [0.5, 0.6) is 5.75 Å². The number of rotatable bonds is 8. The number of carbonyl (C=O) groups excluding carboxylic acids is 1. The zero-order valence-electron chi connectivity index (χ0n) is 19.2. The summed E-state index contributed by atoms with van der Waals surface area (Å²) in [6.45, 7) is 2.70. The predicted molar refractivity (Wildman–Crippen MR) is 120 cm³/mol. The van der Waals surface area contributed by atoms with Crippen LogP contribution >= 0.6 is 0 Å². The summed E-state index contributed by atoms with van der Waals surface area (Å²) in [7, 11) is 3.64. The van der Waals surface area contributed by atoms with Crippen LogP contribution in [-0.4, -0.2) is 61.2 Å². The molecule has 0 N–H and O–H groups in total. The van der Waals surface area contributed by atoms with E-state index < -0.39 is 5.41 Å². The fourth-order valence-electron chi connectivity index (χ4n) is 5.18. The predicted octanol–water partition coefficient (Wildman–Crippen LogP) is 4.26. The van der Waals surface area contributed by atoms with Crippen LogP contribution in [0.1, 0.15) is 55.9 Å². The number of benzene rings is 1. The number of amides is 1. The molecule has 1 saturated heterocycles. The Morgan fingerprint density at radius 3 is 2.72 bits per heavy atom. The molecule has 1 amide bonds. The van der Waals surface area contributed by atoms with E-state index in [0.29, 0.717) is 37.8 Å². The topological polar surface area (TPSA) is 58.8 Å². The first-order valence-corrected chi connectivity index (χ1v) is 11.7. The van der Waals surface area contributed by atoms with Gasteiger partial charge in [-0.2, -0.15) is 0 Å². The van der Waals surface area contributed by atoms with Gasteiger partial charge in [-0.15, -0.1) is 0 Å². The smallest absolute Gasteiger partial charge is 0.230 e. The maximum atomic E-state index is 13.2. The van der Waals surface area contributed by atoms with E-state index >= 15 is 0 Å². The van der Waals surface area contributed by atoms with E-state index in [9.17, 15) is 9.18 Å². The van der Waals surface area contributed by atoms with Gasteiger partial charge in [0, 0.05) is 45.6 Å². The number of aromatic nitrogens is 1. The molecule has 1 atom stereocenters. The molecule has 174 valence electrons. The van der Waals surface area contributed by atoms with Crippen molar-refractivity contribution in [2.75, 3.05) is 40.3 Å². The SMILES string of the molecule is CN(C)C(=O)C1(Cc2cc(C3CCCCC3)no2)CCN(CCOc2ccc(F)cc2)C1. The summed E-state index contributed by atoms with van der Waals surface area (Å²) in [6, 6.07) is 8.14. The summed E-state index contributed by atoms with van der Waals surface area (Å²) in [5, 5.41) is 4.37. The Bertz CT molecular complexity index is 892. The van der Waals surface area contributed by atoms with Crippen LogP contribution in [0, 0.1) is 11.2 Å². The Kier molecular flexibility index (Phi) is 7.13. The minimum atomic E-state index is -0.511. The molecule has 1 aliphatic heterocycles. The molecule has 1 unspecified atom stereocenters. The number of likely N-dealkylation sites (tertiary alicyclic amines) is 1. The van der Waals surface area contributed by atoms with E-state index in [-0.39, 0.29) is 11.7 Å². The molecule has 7 heteroatoms. The number of hydrogen-bond donors (Lipinski definition) is 0. The molecular formula is C25H34FN3O3. The van der Waals surface area contributed by atoms with Gasteiger partial charge in [-0.3, -0.25) is 9.69 Å². The summed E-state index contributed by atoms with van der Waals surface area (Å²) >= 11 is 0. The summed E-state index contributed by atoms with van der Waals surface area (Å²) < 4.78 is 24.5. The van der Waals surface area contributed by atoms with E-state index in [4.69, 9.17) is 9.26 Å². The van der Waals surface area contributed by atoms with Gasteiger partial charge in [-0.1, -0.05) is 24.4 Å². The fourth-order valence-corrected chi connectivity index (χ4v) is 5.18. The zero-order valence-corrected chi connectivity index (χ0v) is 19.2. The van der Waals surface area contributed by atoms with E-state index in [0.717, 1.165) is 24.4 Å². The maximum Gasteiger partial charge on any atom is 0.230 e. The minimum Gasteiger partial charge on any atom is -0.492 e. The highest BCUT2D eigenvalue weighted by molar-refractivity contribution is 5.83.